The zero-order chi connectivity index (χ0) is 23.5. The Balaban J connectivity index is 0.00000324. The van der Waals surface area contributed by atoms with Gasteiger partial charge < -0.3 is 9.64 Å². The van der Waals surface area contributed by atoms with Gasteiger partial charge in [-0.1, -0.05) is 11.3 Å². The third-order valence-corrected chi connectivity index (χ3v) is 6.51. The van der Waals surface area contributed by atoms with Gasteiger partial charge in [-0.05, 0) is 69.5 Å². The van der Waals surface area contributed by atoms with Gasteiger partial charge in [0.05, 0.1) is 23.0 Å². The zero-order valence-electron chi connectivity index (χ0n) is 19.3. The van der Waals surface area contributed by atoms with Crippen molar-refractivity contribution in [2.24, 2.45) is 0 Å². The van der Waals surface area contributed by atoms with Crippen molar-refractivity contribution in [3.8, 4) is 5.75 Å². The number of carbonyl (C=O) groups excluding carboxylic acids is 3. The molecule has 3 amide bonds. The molecule has 1 aliphatic heterocycles. The summed E-state index contributed by atoms with van der Waals surface area (Å²) in [7, 11) is 5.61. The fourth-order valence-electron chi connectivity index (χ4n) is 3.74. The van der Waals surface area contributed by atoms with E-state index in [1.165, 1.54) is 16.2 Å². The van der Waals surface area contributed by atoms with Gasteiger partial charge in [-0.3, -0.25) is 24.2 Å². The number of thiazole rings is 1. The first-order chi connectivity index (χ1) is 15.9. The van der Waals surface area contributed by atoms with E-state index in [-0.39, 0.29) is 43.0 Å². The van der Waals surface area contributed by atoms with E-state index in [0.29, 0.717) is 22.9 Å². The van der Waals surface area contributed by atoms with Gasteiger partial charge >= 0.3 is 0 Å². The monoisotopic (exact) mass is 502 g/mol. The second-order valence-electron chi connectivity index (χ2n) is 8.11. The quantitative estimate of drug-likeness (QED) is 0.433. The van der Waals surface area contributed by atoms with Crippen molar-refractivity contribution < 1.29 is 19.1 Å². The van der Waals surface area contributed by atoms with Gasteiger partial charge in [0.15, 0.2) is 5.13 Å². The Hall–Kier alpha value is -3.01. The molecule has 0 bridgehead atoms. The molecule has 34 heavy (non-hydrogen) atoms. The molecule has 3 aromatic rings. The van der Waals surface area contributed by atoms with Crippen LogP contribution in [0.15, 0.2) is 42.5 Å². The van der Waals surface area contributed by atoms with Gasteiger partial charge in [0.2, 0.25) is 11.8 Å². The summed E-state index contributed by atoms with van der Waals surface area (Å²) < 4.78 is 6.25. The third kappa shape index (κ3) is 5.38. The summed E-state index contributed by atoms with van der Waals surface area (Å²) in [5.41, 5.74) is 1.77. The molecule has 1 aromatic heterocycles. The molecule has 2 heterocycles. The minimum Gasteiger partial charge on any atom is -0.497 e. The van der Waals surface area contributed by atoms with Gasteiger partial charge in [-0.25, -0.2) is 4.98 Å². The molecule has 1 saturated heterocycles. The lowest BCUT2D eigenvalue weighted by atomic mass is 10.1. The van der Waals surface area contributed by atoms with Crippen LogP contribution in [-0.2, 0) is 9.59 Å². The first-order valence-electron chi connectivity index (χ1n) is 10.7. The van der Waals surface area contributed by atoms with Gasteiger partial charge in [-0.2, -0.15) is 0 Å². The molecule has 1 fully saturated rings. The van der Waals surface area contributed by atoms with Crippen LogP contribution in [0.1, 0.15) is 29.6 Å². The van der Waals surface area contributed by atoms with Gasteiger partial charge in [-0.15, -0.1) is 12.4 Å². The number of nitrogens with zero attached hydrogens (tertiary/aromatic N) is 4. The minimum atomic E-state index is -0.214. The van der Waals surface area contributed by atoms with Crippen LogP contribution >= 0.6 is 23.7 Å². The smallest absolute Gasteiger partial charge is 0.260 e. The lowest BCUT2D eigenvalue weighted by Gasteiger charge is -2.21. The van der Waals surface area contributed by atoms with E-state index in [0.717, 1.165) is 28.9 Å². The SMILES string of the molecule is COc1ccc2nc(N(CCCN(C)C)C(=O)c3ccc(N4C(=O)CCC4=O)cc3)sc2c1.Cl. The number of halogens is 1. The number of fused-ring (bicyclic) bond motifs is 1. The van der Waals surface area contributed by atoms with E-state index in [1.54, 1.807) is 36.3 Å². The molecule has 0 aliphatic carbocycles. The molecular formula is C24H27ClN4O4S. The standard InChI is InChI=1S/C24H26N4O4S.ClH/c1-26(2)13-4-14-27(24-25-19-10-9-18(32-3)15-20(19)33-24)23(31)16-5-7-17(8-6-16)28-21(29)11-12-22(28)30;/h5-10,15H,4,11-14H2,1-3H3;1H. The summed E-state index contributed by atoms with van der Waals surface area (Å²) in [5, 5.41) is 0.621. The molecular weight excluding hydrogens is 476 g/mol. The number of ether oxygens (including phenoxy) is 1. The molecule has 0 unspecified atom stereocenters. The van der Waals surface area contributed by atoms with Gasteiger partial charge in [0.1, 0.15) is 5.75 Å². The molecule has 0 atom stereocenters. The number of methoxy groups -OCH3 is 1. The molecule has 180 valence electrons. The topological polar surface area (TPSA) is 83.1 Å². The van der Waals surface area contributed by atoms with Gasteiger partial charge in [0, 0.05) is 24.9 Å². The molecule has 0 saturated carbocycles. The first kappa shape index (κ1) is 25.6. The minimum absolute atomic E-state index is 0. The number of aromatic nitrogens is 1. The van der Waals surface area contributed by atoms with Crippen LogP contribution in [0.4, 0.5) is 10.8 Å². The van der Waals surface area contributed by atoms with Crippen molar-refractivity contribution in [3.63, 3.8) is 0 Å². The highest BCUT2D eigenvalue weighted by molar-refractivity contribution is 7.22. The average molecular weight is 503 g/mol. The Morgan fingerprint density at radius 3 is 2.35 bits per heavy atom. The lowest BCUT2D eigenvalue weighted by molar-refractivity contribution is -0.121. The molecule has 0 radical (unpaired) electrons. The predicted molar refractivity (Wildman–Crippen MR) is 136 cm³/mol. The summed E-state index contributed by atoms with van der Waals surface area (Å²) in [6.07, 6.45) is 1.23. The Bertz CT molecular complexity index is 1180. The number of amides is 3. The normalized spacial score (nSPS) is 13.5. The van der Waals surface area contributed by atoms with Crippen LogP contribution in [0.25, 0.3) is 10.2 Å². The maximum absolute atomic E-state index is 13.5. The Morgan fingerprint density at radius 1 is 1.06 bits per heavy atom. The number of benzene rings is 2. The molecule has 1 aliphatic rings. The predicted octanol–water partition coefficient (Wildman–Crippen LogP) is 3.98. The van der Waals surface area contributed by atoms with Crippen molar-refractivity contribution in [2.45, 2.75) is 19.3 Å². The zero-order valence-corrected chi connectivity index (χ0v) is 20.9. The molecule has 4 rings (SSSR count). The largest absolute Gasteiger partial charge is 0.497 e. The second-order valence-corrected chi connectivity index (χ2v) is 9.12. The number of hydrogen-bond donors (Lipinski definition) is 0. The summed E-state index contributed by atoms with van der Waals surface area (Å²) in [5.74, 6) is 0.138. The van der Waals surface area contributed by atoms with Crippen molar-refractivity contribution >= 4 is 62.5 Å². The highest BCUT2D eigenvalue weighted by Gasteiger charge is 2.30. The van der Waals surface area contributed by atoms with E-state index in [4.69, 9.17) is 9.72 Å². The Kier molecular flexibility index (Phi) is 8.24. The second kappa shape index (κ2) is 10.9. The fourth-order valence-corrected chi connectivity index (χ4v) is 4.76. The van der Waals surface area contributed by atoms with E-state index < -0.39 is 0 Å². The Morgan fingerprint density at radius 2 is 1.74 bits per heavy atom. The summed E-state index contributed by atoms with van der Waals surface area (Å²) >= 11 is 1.44. The molecule has 10 heteroatoms. The highest BCUT2D eigenvalue weighted by atomic mass is 35.5. The average Bonchev–Trinajstić information content (AvgIpc) is 3.38. The number of rotatable bonds is 8. The highest BCUT2D eigenvalue weighted by Crippen LogP contribution is 2.32. The van der Waals surface area contributed by atoms with Crippen LogP contribution in [0.5, 0.6) is 5.75 Å². The fraction of sp³-hybridized carbons (Fsp3) is 0.333. The summed E-state index contributed by atoms with van der Waals surface area (Å²) in [4.78, 5) is 47.2. The first-order valence-corrected chi connectivity index (χ1v) is 11.6. The van der Waals surface area contributed by atoms with Crippen LogP contribution in [0, 0.1) is 0 Å². The van der Waals surface area contributed by atoms with E-state index in [9.17, 15) is 14.4 Å². The van der Waals surface area contributed by atoms with Crippen LogP contribution in [0.3, 0.4) is 0 Å². The molecule has 2 aromatic carbocycles. The maximum atomic E-state index is 13.5. The van der Waals surface area contributed by atoms with Crippen LogP contribution < -0.4 is 14.5 Å². The van der Waals surface area contributed by atoms with E-state index in [2.05, 4.69) is 4.90 Å². The molecule has 8 nitrogen and oxygen atoms in total. The van der Waals surface area contributed by atoms with Crippen molar-refractivity contribution in [1.29, 1.82) is 0 Å². The summed E-state index contributed by atoms with van der Waals surface area (Å²) in [6, 6.07) is 12.3. The number of anilines is 2. The van der Waals surface area contributed by atoms with Crippen LogP contribution in [0.2, 0.25) is 0 Å². The number of carbonyl (C=O) groups is 3. The van der Waals surface area contributed by atoms with Crippen LogP contribution in [-0.4, -0.2) is 61.9 Å². The number of imide groups is 1. The van der Waals surface area contributed by atoms with Crippen molar-refractivity contribution in [3.05, 3.63) is 48.0 Å². The van der Waals surface area contributed by atoms with Gasteiger partial charge in [0.25, 0.3) is 5.91 Å². The lowest BCUT2D eigenvalue weighted by Crippen LogP contribution is -2.33. The maximum Gasteiger partial charge on any atom is 0.260 e. The third-order valence-electron chi connectivity index (χ3n) is 5.47. The molecule has 0 spiro atoms. The number of hydrogen-bond acceptors (Lipinski definition) is 7. The van der Waals surface area contributed by atoms with Crippen molar-refractivity contribution in [2.75, 3.05) is 44.1 Å². The Labute approximate surface area is 208 Å². The summed E-state index contributed by atoms with van der Waals surface area (Å²) in [6.45, 7) is 1.35. The molecule has 0 N–H and O–H groups in total. The van der Waals surface area contributed by atoms with Crippen molar-refractivity contribution in [1.82, 2.24) is 9.88 Å². The van der Waals surface area contributed by atoms with E-state index in [1.807, 2.05) is 32.3 Å². The van der Waals surface area contributed by atoms with E-state index >= 15 is 0 Å².